The van der Waals surface area contributed by atoms with E-state index in [1.54, 1.807) is 48.5 Å². The summed E-state index contributed by atoms with van der Waals surface area (Å²) < 4.78 is 29.6. The van der Waals surface area contributed by atoms with Gasteiger partial charge in [0.1, 0.15) is 12.6 Å². The van der Waals surface area contributed by atoms with E-state index in [0.717, 1.165) is 15.4 Å². The van der Waals surface area contributed by atoms with Crippen LogP contribution in [0.2, 0.25) is 10.0 Å². The van der Waals surface area contributed by atoms with E-state index in [9.17, 15) is 18.0 Å². The fourth-order valence-corrected chi connectivity index (χ4v) is 7.11. The molecule has 0 radical (unpaired) electrons. The fraction of sp³-hybridized carbons (Fsp3) is 0.278. The number of carbonyl (C=O) groups is 2. The van der Waals surface area contributed by atoms with Gasteiger partial charge in [0.25, 0.3) is 10.0 Å². The van der Waals surface area contributed by atoms with Crippen LogP contribution < -0.4 is 9.62 Å². The van der Waals surface area contributed by atoms with Gasteiger partial charge in [0.05, 0.1) is 10.6 Å². The van der Waals surface area contributed by atoms with Gasteiger partial charge in [0.15, 0.2) is 0 Å². The zero-order valence-corrected chi connectivity index (χ0v) is 29.0. The summed E-state index contributed by atoms with van der Waals surface area (Å²) in [6.07, 6.45) is 0.172. The van der Waals surface area contributed by atoms with Crippen LogP contribution in [0.25, 0.3) is 0 Å². The summed E-state index contributed by atoms with van der Waals surface area (Å²) in [6, 6.07) is 26.6. The summed E-state index contributed by atoms with van der Waals surface area (Å²) in [5.41, 5.74) is 2.61. The normalized spacial score (nSPS) is 12.3. The number of benzene rings is 4. The molecule has 4 aromatic rings. The molecule has 0 aliphatic heterocycles. The molecule has 1 atom stereocenters. The van der Waals surface area contributed by atoms with Crippen LogP contribution in [0, 0.1) is 13.8 Å². The monoisotopic (exact) mass is 679 g/mol. The maximum Gasteiger partial charge on any atom is 0.264 e. The lowest BCUT2D eigenvalue weighted by molar-refractivity contribution is -0.140. The molecule has 0 aliphatic rings. The van der Waals surface area contributed by atoms with Crippen LogP contribution in [-0.4, -0.2) is 43.3 Å². The van der Waals surface area contributed by atoms with Gasteiger partial charge in [-0.2, -0.15) is 0 Å². The lowest BCUT2D eigenvalue weighted by atomic mass is 10.0. The van der Waals surface area contributed by atoms with Crippen molar-refractivity contribution in [2.75, 3.05) is 10.8 Å². The number of nitrogens with zero attached hydrogens (tertiary/aromatic N) is 2. The molecular weight excluding hydrogens is 641 g/mol. The van der Waals surface area contributed by atoms with Crippen LogP contribution in [0.15, 0.2) is 102 Å². The molecular formula is C36H39Cl2N3O4S. The van der Waals surface area contributed by atoms with E-state index in [1.807, 2.05) is 71.0 Å². The zero-order chi connectivity index (χ0) is 33.6. The van der Waals surface area contributed by atoms with Crippen molar-refractivity contribution in [3.05, 3.63) is 129 Å². The molecule has 242 valence electrons. The van der Waals surface area contributed by atoms with Gasteiger partial charge in [-0.15, -0.1) is 0 Å². The number of sulfonamides is 1. The molecule has 0 aliphatic carbocycles. The van der Waals surface area contributed by atoms with Crippen LogP contribution in [0.5, 0.6) is 0 Å². The lowest BCUT2D eigenvalue weighted by Crippen LogP contribution is -2.56. The van der Waals surface area contributed by atoms with Gasteiger partial charge in [-0.1, -0.05) is 89.9 Å². The molecule has 0 fully saturated rings. The Labute approximate surface area is 282 Å². The number of hydrogen-bond donors (Lipinski definition) is 1. The Balaban J connectivity index is 1.88. The van der Waals surface area contributed by atoms with Gasteiger partial charge in [-0.05, 0) is 81.6 Å². The fourth-order valence-electron chi connectivity index (χ4n) is 5.10. The van der Waals surface area contributed by atoms with Crippen LogP contribution >= 0.6 is 23.2 Å². The Morgan fingerprint density at radius 3 is 1.96 bits per heavy atom. The summed E-state index contributed by atoms with van der Waals surface area (Å²) in [4.78, 5) is 30.1. The molecule has 1 N–H and O–H groups in total. The highest BCUT2D eigenvalue weighted by Crippen LogP contribution is 2.31. The Hall–Kier alpha value is -3.85. The molecule has 0 bridgehead atoms. The van der Waals surface area contributed by atoms with Gasteiger partial charge in [-0.25, -0.2) is 8.42 Å². The van der Waals surface area contributed by atoms with Gasteiger partial charge < -0.3 is 10.2 Å². The summed E-state index contributed by atoms with van der Waals surface area (Å²) in [6.45, 7) is 8.57. The van der Waals surface area contributed by atoms with E-state index in [0.29, 0.717) is 26.9 Å². The van der Waals surface area contributed by atoms with Gasteiger partial charge >= 0.3 is 0 Å². The van der Waals surface area contributed by atoms with Crippen molar-refractivity contribution in [2.45, 2.75) is 64.1 Å². The second-order valence-electron chi connectivity index (χ2n) is 12.2. The van der Waals surface area contributed by atoms with Crippen LogP contribution in [0.4, 0.5) is 5.69 Å². The largest absolute Gasteiger partial charge is 0.350 e. The zero-order valence-electron chi connectivity index (χ0n) is 26.6. The highest BCUT2D eigenvalue weighted by Gasteiger charge is 2.36. The number of anilines is 1. The van der Waals surface area contributed by atoms with Crippen molar-refractivity contribution in [1.82, 2.24) is 10.2 Å². The molecule has 4 aromatic carbocycles. The van der Waals surface area contributed by atoms with E-state index >= 15 is 0 Å². The lowest BCUT2D eigenvalue weighted by Gasteiger charge is -2.36. The first-order valence-electron chi connectivity index (χ1n) is 14.9. The maximum absolute atomic E-state index is 14.7. The van der Waals surface area contributed by atoms with E-state index < -0.39 is 40.0 Å². The Kier molecular flexibility index (Phi) is 11.2. The first-order chi connectivity index (χ1) is 21.7. The smallest absolute Gasteiger partial charge is 0.264 e. The summed E-state index contributed by atoms with van der Waals surface area (Å²) in [5.74, 6) is -0.988. The number of carbonyl (C=O) groups excluding carboxylic acids is 2. The minimum Gasteiger partial charge on any atom is -0.350 e. The molecule has 0 heterocycles. The molecule has 0 aromatic heterocycles. The number of halogens is 2. The SMILES string of the molecule is Cc1cccc(N(CC(=O)N(Cc2c(Cl)cccc2Cl)[C@H](Cc2ccccc2)C(=O)NC(C)(C)C)S(=O)(=O)c2ccccc2)c1C. The quantitative estimate of drug-likeness (QED) is 0.179. The summed E-state index contributed by atoms with van der Waals surface area (Å²) in [5, 5.41) is 3.66. The highest BCUT2D eigenvalue weighted by atomic mass is 35.5. The third kappa shape index (κ3) is 8.49. The first-order valence-corrected chi connectivity index (χ1v) is 17.1. The Morgan fingerprint density at radius 2 is 1.37 bits per heavy atom. The maximum atomic E-state index is 14.7. The van der Waals surface area contributed by atoms with Crippen molar-refractivity contribution in [1.29, 1.82) is 0 Å². The van der Waals surface area contributed by atoms with Crippen LogP contribution in [0.3, 0.4) is 0 Å². The Bertz CT molecular complexity index is 1770. The molecule has 0 saturated heterocycles. The molecule has 10 heteroatoms. The second-order valence-corrected chi connectivity index (χ2v) is 14.9. The van der Waals surface area contributed by atoms with E-state index in [-0.39, 0.29) is 17.9 Å². The minimum absolute atomic E-state index is 0.0377. The molecule has 2 amide bonds. The molecule has 7 nitrogen and oxygen atoms in total. The highest BCUT2D eigenvalue weighted by molar-refractivity contribution is 7.92. The van der Waals surface area contributed by atoms with Crippen molar-refractivity contribution in [3.63, 3.8) is 0 Å². The van der Waals surface area contributed by atoms with E-state index in [4.69, 9.17) is 23.2 Å². The van der Waals surface area contributed by atoms with Gasteiger partial charge in [0, 0.05) is 34.1 Å². The standard InChI is InChI=1S/C36H39Cl2N3O4S/c1-25-14-12-21-32(26(25)2)41(46(44,45)28-17-10-7-11-18-28)24-34(42)40(23-29-30(37)19-13-20-31(29)38)33(35(43)39-36(3,4)5)22-27-15-8-6-9-16-27/h6-21,33H,22-24H2,1-5H3,(H,39,43)/t33-/m1/s1. The summed E-state index contributed by atoms with van der Waals surface area (Å²) in [7, 11) is -4.21. The third-order valence-electron chi connectivity index (χ3n) is 7.61. The number of hydrogen-bond acceptors (Lipinski definition) is 4. The molecule has 0 spiro atoms. The van der Waals surface area contributed by atoms with Gasteiger partial charge in [-0.3, -0.25) is 13.9 Å². The second kappa shape index (κ2) is 14.7. The third-order valence-corrected chi connectivity index (χ3v) is 10.1. The molecule has 4 rings (SSSR count). The molecule has 0 unspecified atom stereocenters. The first kappa shape index (κ1) is 35.0. The molecule has 0 saturated carbocycles. The topological polar surface area (TPSA) is 86.8 Å². The predicted octanol–water partition coefficient (Wildman–Crippen LogP) is 7.36. The van der Waals surface area contributed by atoms with Gasteiger partial charge in [0.2, 0.25) is 11.8 Å². The van der Waals surface area contributed by atoms with E-state index in [2.05, 4.69) is 5.32 Å². The number of amides is 2. The number of aryl methyl sites for hydroxylation is 1. The van der Waals surface area contributed by atoms with Crippen molar-refractivity contribution in [2.24, 2.45) is 0 Å². The Morgan fingerprint density at radius 1 is 0.804 bits per heavy atom. The number of nitrogens with one attached hydrogen (secondary N) is 1. The predicted molar refractivity (Wildman–Crippen MR) is 186 cm³/mol. The van der Waals surface area contributed by atoms with Crippen LogP contribution in [-0.2, 0) is 32.6 Å². The minimum atomic E-state index is -4.21. The van der Waals surface area contributed by atoms with Crippen molar-refractivity contribution >= 4 is 50.7 Å². The van der Waals surface area contributed by atoms with Crippen LogP contribution in [0.1, 0.15) is 43.0 Å². The van der Waals surface area contributed by atoms with Crippen molar-refractivity contribution < 1.29 is 18.0 Å². The van der Waals surface area contributed by atoms with Crippen molar-refractivity contribution in [3.8, 4) is 0 Å². The average molecular weight is 681 g/mol. The molecule has 46 heavy (non-hydrogen) atoms. The van der Waals surface area contributed by atoms with E-state index in [1.165, 1.54) is 17.0 Å². The summed E-state index contributed by atoms with van der Waals surface area (Å²) >= 11 is 13.2. The average Bonchev–Trinajstić information content (AvgIpc) is 3.00. The number of rotatable bonds is 11.